The highest BCUT2D eigenvalue weighted by Crippen LogP contribution is 2.37. The molecule has 1 aliphatic heterocycles. The van der Waals surface area contributed by atoms with Crippen LogP contribution < -0.4 is 10.2 Å². The summed E-state index contributed by atoms with van der Waals surface area (Å²) in [6, 6.07) is 8.95. The van der Waals surface area contributed by atoms with Crippen molar-refractivity contribution in [1.29, 1.82) is 0 Å². The van der Waals surface area contributed by atoms with E-state index in [1.165, 1.54) is 4.90 Å². The van der Waals surface area contributed by atoms with Gasteiger partial charge in [0.2, 0.25) is 5.91 Å². The van der Waals surface area contributed by atoms with Gasteiger partial charge < -0.3 is 5.32 Å². The minimum atomic E-state index is -1.16. The Hall–Kier alpha value is -2.34. The number of anilines is 1. The van der Waals surface area contributed by atoms with Crippen molar-refractivity contribution in [1.82, 2.24) is 15.1 Å². The zero-order valence-corrected chi connectivity index (χ0v) is 19.4. The third-order valence-electron chi connectivity index (χ3n) is 5.51. The molecular weight excluding hydrogens is 400 g/mol. The fourth-order valence-electron chi connectivity index (χ4n) is 3.62. The summed E-state index contributed by atoms with van der Waals surface area (Å²) in [7, 11) is 0. The Morgan fingerprint density at radius 2 is 1.97 bits per heavy atom. The second-order valence-electron chi connectivity index (χ2n) is 9.63. The van der Waals surface area contributed by atoms with Crippen LogP contribution in [0.1, 0.15) is 64.1 Å². The van der Waals surface area contributed by atoms with Crippen LogP contribution in [0, 0.1) is 5.92 Å². The quantitative estimate of drug-likeness (QED) is 0.763. The summed E-state index contributed by atoms with van der Waals surface area (Å²) in [6.45, 7) is 13.0. The van der Waals surface area contributed by atoms with Gasteiger partial charge in [0.15, 0.2) is 0 Å². The van der Waals surface area contributed by atoms with E-state index >= 15 is 0 Å². The third-order valence-corrected chi connectivity index (χ3v) is 5.83. The third kappa shape index (κ3) is 4.10. The summed E-state index contributed by atoms with van der Waals surface area (Å²) < 4.78 is 1.66. The van der Waals surface area contributed by atoms with Crippen LogP contribution in [0.2, 0.25) is 5.02 Å². The van der Waals surface area contributed by atoms with Crippen molar-refractivity contribution in [2.75, 3.05) is 11.4 Å². The molecule has 1 atom stereocenters. The van der Waals surface area contributed by atoms with E-state index in [1.807, 2.05) is 18.2 Å². The van der Waals surface area contributed by atoms with Gasteiger partial charge in [0, 0.05) is 12.0 Å². The van der Waals surface area contributed by atoms with Gasteiger partial charge in [-0.1, -0.05) is 58.4 Å². The molecule has 0 fully saturated rings. The second kappa shape index (κ2) is 8.06. The molecule has 0 radical (unpaired) electrons. The topological polar surface area (TPSA) is 67.2 Å². The Morgan fingerprint density at radius 1 is 1.30 bits per heavy atom. The van der Waals surface area contributed by atoms with Crippen LogP contribution in [0.25, 0.3) is 0 Å². The first-order valence-corrected chi connectivity index (χ1v) is 10.8. The molecule has 0 aliphatic carbocycles. The molecular formula is C23H31ClN4O2. The second-order valence-corrected chi connectivity index (χ2v) is 10.0. The van der Waals surface area contributed by atoms with Gasteiger partial charge in [0.05, 0.1) is 22.9 Å². The Kier molecular flexibility index (Phi) is 6.01. The summed E-state index contributed by atoms with van der Waals surface area (Å²) in [6.07, 6.45) is 0.864. The van der Waals surface area contributed by atoms with Crippen molar-refractivity contribution in [3.8, 4) is 0 Å². The van der Waals surface area contributed by atoms with Gasteiger partial charge in [-0.25, -0.2) is 0 Å². The number of hydrogen-bond acceptors (Lipinski definition) is 3. The zero-order chi connectivity index (χ0) is 22.3. The first-order chi connectivity index (χ1) is 13.9. The Morgan fingerprint density at radius 3 is 2.57 bits per heavy atom. The van der Waals surface area contributed by atoms with E-state index in [0.29, 0.717) is 28.9 Å². The van der Waals surface area contributed by atoms with Crippen molar-refractivity contribution in [3.05, 3.63) is 46.7 Å². The molecule has 2 heterocycles. The maximum atomic E-state index is 13.6. The lowest BCUT2D eigenvalue weighted by atomic mass is 9.91. The van der Waals surface area contributed by atoms with Crippen LogP contribution in [-0.4, -0.2) is 33.7 Å². The number of fused-ring (bicyclic) bond motifs is 1. The van der Waals surface area contributed by atoms with Gasteiger partial charge >= 0.3 is 0 Å². The molecule has 2 amide bonds. The average molecular weight is 431 g/mol. The van der Waals surface area contributed by atoms with Crippen LogP contribution in [0.15, 0.2) is 30.3 Å². The minimum absolute atomic E-state index is 0.213. The maximum absolute atomic E-state index is 13.6. The molecule has 0 unspecified atom stereocenters. The molecule has 0 saturated carbocycles. The molecule has 2 aromatic rings. The molecule has 0 spiro atoms. The Bertz CT molecular complexity index is 960. The van der Waals surface area contributed by atoms with E-state index in [9.17, 15) is 9.59 Å². The number of para-hydroxylation sites is 1. The van der Waals surface area contributed by atoms with Gasteiger partial charge in [-0.05, 0) is 37.5 Å². The zero-order valence-electron chi connectivity index (χ0n) is 18.6. The molecule has 1 N–H and O–H groups in total. The van der Waals surface area contributed by atoms with E-state index in [2.05, 4.69) is 45.0 Å². The summed E-state index contributed by atoms with van der Waals surface area (Å²) in [5.41, 5.74) is 0.431. The lowest BCUT2D eigenvalue weighted by Gasteiger charge is -2.43. The molecule has 162 valence electrons. The maximum Gasteiger partial charge on any atom is 0.277 e. The number of halogens is 1. The average Bonchev–Trinajstić information content (AvgIpc) is 3.07. The molecule has 1 aliphatic rings. The highest BCUT2D eigenvalue weighted by molar-refractivity contribution is 6.34. The molecule has 1 aromatic heterocycles. The number of amides is 2. The number of rotatable bonds is 5. The molecule has 0 saturated heterocycles. The number of benzene rings is 1. The van der Waals surface area contributed by atoms with E-state index in [0.717, 1.165) is 12.1 Å². The summed E-state index contributed by atoms with van der Waals surface area (Å²) in [4.78, 5) is 28.5. The highest BCUT2D eigenvalue weighted by Gasteiger charge is 2.49. The van der Waals surface area contributed by atoms with Crippen LogP contribution in [-0.2, 0) is 16.8 Å². The van der Waals surface area contributed by atoms with Gasteiger partial charge in [-0.2, -0.15) is 5.10 Å². The fraction of sp³-hybridized carbons (Fsp3) is 0.522. The summed E-state index contributed by atoms with van der Waals surface area (Å²) in [5.74, 6) is -0.0217. The van der Waals surface area contributed by atoms with Crippen molar-refractivity contribution in [3.63, 3.8) is 0 Å². The van der Waals surface area contributed by atoms with Gasteiger partial charge in [-0.3, -0.25) is 19.2 Å². The van der Waals surface area contributed by atoms with Gasteiger partial charge in [0.1, 0.15) is 11.2 Å². The van der Waals surface area contributed by atoms with Crippen LogP contribution in [0.3, 0.4) is 0 Å². The first-order valence-electron chi connectivity index (χ1n) is 10.4. The smallest absolute Gasteiger partial charge is 0.277 e. The van der Waals surface area contributed by atoms with E-state index < -0.39 is 5.54 Å². The number of nitrogens with zero attached hydrogens (tertiary/aromatic N) is 3. The fourth-order valence-corrected chi connectivity index (χ4v) is 3.84. The normalized spacial score (nSPS) is 19.2. The van der Waals surface area contributed by atoms with E-state index in [1.54, 1.807) is 23.7 Å². The predicted molar refractivity (Wildman–Crippen MR) is 120 cm³/mol. The Labute approximate surface area is 183 Å². The number of carbonyl (C=O) groups excluding carboxylic acids is 2. The molecule has 7 heteroatoms. The standard InChI is InChI=1S/C23H31ClN4O2/c1-15(2)11-12-25-21(30)23(6)14-27-18(13-19(26-27)22(3,4)5)20(29)28(23)17-10-8-7-9-16(17)24/h7-10,13,15H,11-12,14H2,1-6H3,(H,25,30)/t23-/m0/s1. The highest BCUT2D eigenvalue weighted by atomic mass is 35.5. The lowest BCUT2D eigenvalue weighted by molar-refractivity contribution is -0.126. The number of nitrogens with one attached hydrogen (secondary N) is 1. The largest absolute Gasteiger partial charge is 0.354 e. The van der Waals surface area contributed by atoms with Crippen molar-refractivity contribution in [2.24, 2.45) is 5.92 Å². The SMILES string of the molecule is CC(C)CCNC(=O)[C@]1(C)Cn2nc(C(C)(C)C)cc2C(=O)N1c1ccccc1Cl. The van der Waals surface area contributed by atoms with Crippen molar-refractivity contribution in [2.45, 2.75) is 65.5 Å². The van der Waals surface area contributed by atoms with E-state index in [-0.39, 0.29) is 23.8 Å². The molecule has 30 heavy (non-hydrogen) atoms. The molecule has 6 nitrogen and oxygen atoms in total. The summed E-state index contributed by atoms with van der Waals surface area (Å²) in [5, 5.41) is 8.11. The van der Waals surface area contributed by atoms with Crippen molar-refractivity contribution >= 4 is 29.1 Å². The van der Waals surface area contributed by atoms with Crippen molar-refractivity contribution < 1.29 is 9.59 Å². The van der Waals surface area contributed by atoms with Crippen LogP contribution in [0.5, 0.6) is 0 Å². The number of hydrogen-bond donors (Lipinski definition) is 1. The van der Waals surface area contributed by atoms with Gasteiger partial charge in [-0.15, -0.1) is 0 Å². The first kappa shape index (κ1) is 22.3. The van der Waals surface area contributed by atoms with E-state index in [4.69, 9.17) is 11.6 Å². The van der Waals surface area contributed by atoms with Crippen LogP contribution in [0.4, 0.5) is 5.69 Å². The number of aromatic nitrogens is 2. The Balaban J connectivity index is 2.08. The summed E-state index contributed by atoms with van der Waals surface area (Å²) >= 11 is 6.46. The lowest BCUT2D eigenvalue weighted by Crippen LogP contribution is -2.64. The molecule has 3 rings (SSSR count). The minimum Gasteiger partial charge on any atom is -0.354 e. The van der Waals surface area contributed by atoms with Gasteiger partial charge in [0.25, 0.3) is 5.91 Å². The molecule has 1 aromatic carbocycles. The number of carbonyl (C=O) groups is 2. The molecule has 0 bridgehead atoms. The van der Waals surface area contributed by atoms with Crippen LogP contribution >= 0.6 is 11.6 Å². The predicted octanol–water partition coefficient (Wildman–Crippen LogP) is 4.42. The monoisotopic (exact) mass is 430 g/mol.